The Morgan fingerprint density at radius 1 is 1.39 bits per heavy atom. The third-order valence-electron chi connectivity index (χ3n) is 5.06. The molecule has 1 amide bonds. The number of carbonyl (C=O) groups excluding carboxylic acids is 1. The maximum absolute atomic E-state index is 12.5. The molecule has 2 aliphatic rings. The standard InChI is InChI=1S/C18H29N3O2/c1-14(2)18-19-9-11-21(18)15-5-3-10-20(13-15)17(22)8-7-16-6-4-12-23-16/h9,11,14-16H,3-8,10,12-13H2,1-2H3/t15-,16-/m0/s1. The monoisotopic (exact) mass is 319 g/mol. The highest BCUT2D eigenvalue weighted by Crippen LogP contribution is 2.26. The lowest BCUT2D eigenvalue weighted by Crippen LogP contribution is -2.41. The molecule has 0 N–H and O–H groups in total. The minimum absolute atomic E-state index is 0.288. The molecule has 5 nitrogen and oxygen atoms in total. The second-order valence-electron chi connectivity index (χ2n) is 7.16. The minimum atomic E-state index is 0.288. The summed E-state index contributed by atoms with van der Waals surface area (Å²) in [5, 5.41) is 0. The van der Waals surface area contributed by atoms with Crippen molar-refractivity contribution < 1.29 is 9.53 Å². The number of likely N-dealkylation sites (tertiary alicyclic amines) is 1. The SMILES string of the molecule is CC(C)c1nccn1[C@H]1CCCN(C(=O)CC[C@@H]2CCCO2)C1. The number of carbonyl (C=O) groups is 1. The summed E-state index contributed by atoms with van der Waals surface area (Å²) in [5.74, 6) is 1.83. The number of amides is 1. The van der Waals surface area contributed by atoms with Gasteiger partial charge in [-0.1, -0.05) is 13.8 Å². The van der Waals surface area contributed by atoms with Crippen LogP contribution in [0.3, 0.4) is 0 Å². The Hall–Kier alpha value is -1.36. The van der Waals surface area contributed by atoms with E-state index in [9.17, 15) is 4.79 Å². The average molecular weight is 319 g/mol. The van der Waals surface area contributed by atoms with Crippen LogP contribution in [0.4, 0.5) is 0 Å². The quantitative estimate of drug-likeness (QED) is 0.838. The molecular weight excluding hydrogens is 290 g/mol. The molecule has 0 aliphatic carbocycles. The lowest BCUT2D eigenvalue weighted by molar-refractivity contribution is -0.133. The fourth-order valence-corrected chi connectivity index (χ4v) is 3.80. The summed E-state index contributed by atoms with van der Waals surface area (Å²) in [6.07, 6.45) is 10.2. The fourth-order valence-electron chi connectivity index (χ4n) is 3.80. The Bertz CT molecular complexity index is 520. The Labute approximate surface area is 139 Å². The first-order valence-electron chi connectivity index (χ1n) is 9.07. The van der Waals surface area contributed by atoms with Crippen LogP contribution >= 0.6 is 0 Å². The van der Waals surface area contributed by atoms with E-state index < -0.39 is 0 Å². The van der Waals surface area contributed by atoms with Gasteiger partial charge in [-0.3, -0.25) is 4.79 Å². The number of hydrogen-bond acceptors (Lipinski definition) is 3. The Morgan fingerprint density at radius 3 is 3.00 bits per heavy atom. The van der Waals surface area contributed by atoms with E-state index in [1.54, 1.807) is 0 Å². The highest BCUT2D eigenvalue weighted by Gasteiger charge is 2.27. The van der Waals surface area contributed by atoms with Crippen molar-refractivity contribution in [1.82, 2.24) is 14.5 Å². The van der Waals surface area contributed by atoms with Crippen molar-refractivity contribution in [3.8, 4) is 0 Å². The number of ether oxygens (including phenoxy) is 1. The van der Waals surface area contributed by atoms with Gasteiger partial charge in [-0.15, -0.1) is 0 Å². The van der Waals surface area contributed by atoms with Crippen molar-refractivity contribution in [1.29, 1.82) is 0 Å². The summed E-state index contributed by atoms with van der Waals surface area (Å²) in [5.41, 5.74) is 0. The van der Waals surface area contributed by atoms with E-state index in [0.717, 1.165) is 57.6 Å². The average Bonchev–Trinajstić information content (AvgIpc) is 3.24. The Balaban J connectivity index is 1.56. The van der Waals surface area contributed by atoms with Gasteiger partial charge in [-0.25, -0.2) is 4.98 Å². The van der Waals surface area contributed by atoms with Crippen LogP contribution in [0.2, 0.25) is 0 Å². The molecule has 3 heterocycles. The third-order valence-corrected chi connectivity index (χ3v) is 5.06. The molecule has 3 rings (SSSR count). The molecule has 0 unspecified atom stereocenters. The van der Waals surface area contributed by atoms with E-state index in [2.05, 4.69) is 29.6 Å². The number of imidazole rings is 1. The van der Waals surface area contributed by atoms with Crippen molar-refractivity contribution in [3.05, 3.63) is 18.2 Å². The molecule has 2 aliphatic heterocycles. The first-order valence-corrected chi connectivity index (χ1v) is 9.07. The van der Waals surface area contributed by atoms with E-state index in [4.69, 9.17) is 4.74 Å². The number of aromatic nitrogens is 2. The van der Waals surface area contributed by atoms with Gasteiger partial charge in [0.2, 0.25) is 5.91 Å². The fraction of sp³-hybridized carbons (Fsp3) is 0.778. The maximum atomic E-state index is 12.5. The molecule has 2 fully saturated rings. The van der Waals surface area contributed by atoms with Crippen LogP contribution < -0.4 is 0 Å². The molecule has 0 bridgehead atoms. The normalized spacial score (nSPS) is 25.3. The summed E-state index contributed by atoms with van der Waals surface area (Å²) in [4.78, 5) is 19.1. The van der Waals surface area contributed by atoms with E-state index in [1.165, 1.54) is 0 Å². The van der Waals surface area contributed by atoms with Crippen LogP contribution in [-0.2, 0) is 9.53 Å². The molecule has 2 saturated heterocycles. The molecule has 0 radical (unpaired) electrons. The molecule has 5 heteroatoms. The highest BCUT2D eigenvalue weighted by atomic mass is 16.5. The smallest absolute Gasteiger partial charge is 0.222 e. The number of nitrogens with zero attached hydrogens (tertiary/aromatic N) is 3. The summed E-state index contributed by atoms with van der Waals surface area (Å²) in [6, 6.07) is 0.371. The molecule has 0 spiro atoms. The lowest BCUT2D eigenvalue weighted by atomic mass is 10.0. The van der Waals surface area contributed by atoms with E-state index in [-0.39, 0.29) is 5.91 Å². The largest absolute Gasteiger partial charge is 0.378 e. The topological polar surface area (TPSA) is 47.4 Å². The third kappa shape index (κ3) is 3.94. The van der Waals surface area contributed by atoms with Crippen molar-refractivity contribution in [2.24, 2.45) is 0 Å². The minimum Gasteiger partial charge on any atom is -0.378 e. The van der Waals surface area contributed by atoms with Crippen molar-refractivity contribution in [2.75, 3.05) is 19.7 Å². The molecule has 128 valence electrons. The second kappa shape index (κ2) is 7.47. The molecule has 0 aromatic carbocycles. The summed E-state index contributed by atoms with van der Waals surface area (Å²) in [7, 11) is 0. The van der Waals surface area contributed by atoms with E-state index in [1.807, 2.05) is 11.1 Å². The van der Waals surface area contributed by atoms with Gasteiger partial charge in [-0.2, -0.15) is 0 Å². The van der Waals surface area contributed by atoms with Gasteiger partial charge in [0, 0.05) is 44.4 Å². The Kier molecular flexibility index (Phi) is 5.36. The zero-order valence-corrected chi connectivity index (χ0v) is 14.4. The van der Waals surface area contributed by atoms with Gasteiger partial charge < -0.3 is 14.2 Å². The van der Waals surface area contributed by atoms with Gasteiger partial charge in [0.05, 0.1) is 12.1 Å². The molecule has 23 heavy (non-hydrogen) atoms. The second-order valence-corrected chi connectivity index (χ2v) is 7.16. The van der Waals surface area contributed by atoms with E-state index in [0.29, 0.717) is 24.5 Å². The number of piperidine rings is 1. The van der Waals surface area contributed by atoms with Crippen LogP contribution in [0.25, 0.3) is 0 Å². The predicted octanol–water partition coefficient (Wildman–Crippen LogP) is 3.13. The van der Waals surface area contributed by atoms with Gasteiger partial charge in [0.25, 0.3) is 0 Å². The van der Waals surface area contributed by atoms with Gasteiger partial charge >= 0.3 is 0 Å². The number of hydrogen-bond donors (Lipinski definition) is 0. The van der Waals surface area contributed by atoms with Crippen LogP contribution in [0.15, 0.2) is 12.4 Å². The van der Waals surface area contributed by atoms with Crippen molar-refractivity contribution in [3.63, 3.8) is 0 Å². The predicted molar refractivity (Wildman–Crippen MR) is 89.4 cm³/mol. The maximum Gasteiger partial charge on any atom is 0.222 e. The van der Waals surface area contributed by atoms with Gasteiger partial charge in [0.15, 0.2) is 0 Å². The van der Waals surface area contributed by atoms with Gasteiger partial charge in [-0.05, 0) is 32.1 Å². The molecule has 0 saturated carbocycles. The first-order chi connectivity index (χ1) is 11.1. The zero-order valence-electron chi connectivity index (χ0n) is 14.4. The highest BCUT2D eigenvalue weighted by molar-refractivity contribution is 5.76. The molecular formula is C18H29N3O2. The molecule has 2 atom stereocenters. The van der Waals surface area contributed by atoms with E-state index >= 15 is 0 Å². The molecule has 1 aromatic rings. The van der Waals surface area contributed by atoms with Crippen LogP contribution in [-0.4, -0.2) is 46.2 Å². The van der Waals surface area contributed by atoms with Crippen molar-refractivity contribution in [2.45, 2.75) is 70.4 Å². The van der Waals surface area contributed by atoms with Gasteiger partial charge in [0.1, 0.15) is 5.82 Å². The summed E-state index contributed by atoms with van der Waals surface area (Å²) < 4.78 is 7.91. The lowest BCUT2D eigenvalue weighted by Gasteiger charge is -2.34. The zero-order chi connectivity index (χ0) is 16.2. The number of rotatable bonds is 5. The Morgan fingerprint density at radius 2 is 2.26 bits per heavy atom. The summed E-state index contributed by atoms with van der Waals surface area (Å²) >= 11 is 0. The van der Waals surface area contributed by atoms with Crippen molar-refractivity contribution >= 4 is 5.91 Å². The van der Waals surface area contributed by atoms with Crippen LogP contribution in [0.1, 0.15) is 70.2 Å². The summed E-state index contributed by atoms with van der Waals surface area (Å²) in [6.45, 7) is 6.93. The van der Waals surface area contributed by atoms with Crippen LogP contribution in [0.5, 0.6) is 0 Å². The molecule has 1 aromatic heterocycles. The first kappa shape index (κ1) is 16.5. The van der Waals surface area contributed by atoms with Crippen LogP contribution in [0, 0.1) is 0 Å².